The number of rotatable bonds is 8. The summed E-state index contributed by atoms with van der Waals surface area (Å²) in [5, 5.41) is 2.61. The van der Waals surface area contributed by atoms with E-state index in [2.05, 4.69) is 10.0 Å². The van der Waals surface area contributed by atoms with Gasteiger partial charge in [0.25, 0.3) is 15.9 Å². The third-order valence-electron chi connectivity index (χ3n) is 4.62. The highest BCUT2D eigenvalue weighted by Crippen LogP contribution is 2.31. The zero-order valence-electron chi connectivity index (χ0n) is 18.1. The molecule has 0 radical (unpaired) electrons. The van der Waals surface area contributed by atoms with Gasteiger partial charge in [0, 0.05) is 11.4 Å². The lowest BCUT2D eigenvalue weighted by molar-refractivity contribution is -0.137. The van der Waals surface area contributed by atoms with Crippen LogP contribution in [0, 0.1) is 0 Å². The Labute approximate surface area is 194 Å². The molecule has 34 heavy (non-hydrogen) atoms. The van der Waals surface area contributed by atoms with Crippen molar-refractivity contribution in [2.75, 3.05) is 17.1 Å². The van der Waals surface area contributed by atoms with E-state index >= 15 is 0 Å². The Hall–Kier alpha value is -3.73. The summed E-state index contributed by atoms with van der Waals surface area (Å²) in [5.74, 6) is 0.364. The predicted octanol–water partition coefficient (Wildman–Crippen LogP) is 4.92. The molecule has 0 aliphatic heterocycles. The maximum atomic E-state index is 12.9. The summed E-state index contributed by atoms with van der Waals surface area (Å²) in [7, 11) is -2.68. The molecule has 1 amide bonds. The minimum atomic E-state index is -4.60. The smallest absolute Gasteiger partial charge is 0.416 e. The maximum absolute atomic E-state index is 12.9. The number of carbonyl (C=O) groups is 1. The molecule has 1 atom stereocenters. The van der Waals surface area contributed by atoms with Gasteiger partial charge in [0.15, 0.2) is 17.6 Å². The van der Waals surface area contributed by atoms with Gasteiger partial charge < -0.3 is 14.8 Å². The van der Waals surface area contributed by atoms with Gasteiger partial charge >= 0.3 is 6.18 Å². The highest BCUT2D eigenvalue weighted by molar-refractivity contribution is 7.92. The number of para-hydroxylation sites is 2. The Morgan fingerprint density at radius 3 is 2.18 bits per heavy atom. The molecule has 2 N–H and O–H groups in total. The Balaban J connectivity index is 1.66. The van der Waals surface area contributed by atoms with Crippen molar-refractivity contribution in [3.05, 3.63) is 78.4 Å². The molecule has 0 saturated carbocycles. The van der Waals surface area contributed by atoms with Gasteiger partial charge in [0.2, 0.25) is 0 Å². The first-order valence-corrected chi connectivity index (χ1v) is 11.4. The number of amides is 1. The molecule has 0 aromatic heterocycles. The lowest BCUT2D eigenvalue weighted by Gasteiger charge is -2.17. The van der Waals surface area contributed by atoms with Gasteiger partial charge in [-0.3, -0.25) is 9.52 Å². The van der Waals surface area contributed by atoms with Crippen LogP contribution in [-0.2, 0) is 21.0 Å². The first-order valence-electron chi connectivity index (χ1n) is 9.90. The molecule has 3 rings (SSSR count). The molecule has 180 valence electrons. The Kier molecular flexibility index (Phi) is 7.35. The van der Waals surface area contributed by atoms with Crippen molar-refractivity contribution in [2.45, 2.75) is 24.1 Å². The summed E-state index contributed by atoms with van der Waals surface area (Å²) < 4.78 is 76.6. The van der Waals surface area contributed by atoms with E-state index in [1.807, 2.05) is 0 Å². The summed E-state index contributed by atoms with van der Waals surface area (Å²) in [6, 6.07) is 15.8. The molecule has 0 spiro atoms. The predicted molar refractivity (Wildman–Crippen MR) is 120 cm³/mol. The number of nitrogens with one attached hydrogen (secondary N) is 2. The molecule has 3 aromatic carbocycles. The Morgan fingerprint density at radius 2 is 1.56 bits per heavy atom. The summed E-state index contributed by atoms with van der Waals surface area (Å²) in [4.78, 5) is 12.3. The number of methoxy groups -OCH3 is 1. The molecular weight excluding hydrogens is 473 g/mol. The molecule has 0 unspecified atom stereocenters. The molecule has 7 nitrogen and oxygen atoms in total. The number of alkyl halides is 3. The van der Waals surface area contributed by atoms with Gasteiger partial charge in [-0.1, -0.05) is 18.2 Å². The van der Waals surface area contributed by atoms with Crippen LogP contribution in [-0.4, -0.2) is 27.5 Å². The second-order valence-electron chi connectivity index (χ2n) is 7.11. The second-order valence-corrected chi connectivity index (χ2v) is 8.79. The first kappa shape index (κ1) is 24.9. The number of hydrogen-bond acceptors (Lipinski definition) is 5. The Bertz CT molecular complexity index is 1260. The van der Waals surface area contributed by atoms with E-state index in [-0.39, 0.29) is 10.6 Å². The van der Waals surface area contributed by atoms with Crippen molar-refractivity contribution in [1.82, 2.24) is 0 Å². The monoisotopic (exact) mass is 494 g/mol. The molecule has 0 aliphatic carbocycles. The summed E-state index contributed by atoms with van der Waals surface area (Å²) in [6.07, 6.45) is -5.49. The topological polar surface area (TPSA) is 93.7 Å². The number of hydrogen-bond donors (Lipinski definition) is 2. The molecular formula is C23H21F3N2O5S. The number of sulfonamides is 1. The van der Waals surface area contributed by atoms with Gasteiger partial charge in [-0.25, -0.2) is 8.42 Å². The van der Waals surface area contributed by atoms with Crippen molar-refractivity contribution in [3.8, 4) is 11.5 Å². The van der Waals surface area contributed by atoms with Crippen LogP contribution in [0.1, 0.15) is 12.5 Å². The largest absolute Gasteiger partial charge is 0.493 e. The molecule has 3 aromatic rings. The standard InChI is InChI=1S/C23H21F3N2O5S/c1-15(33-21-9-4-3-8-20(21)32-2)22(29)27-17-10-12-19(13-11-17)34(30,31)28-18-7-5-6-16(14-18)23(24,25)26/h3-15,28H,1-2H3,(H,27,29)/t15-/m1/s1. The van der Waals surface area contributed by atoms with E-state index in [9.17, 15) is 26.4 Å². The summed E-state index contributed by atoms with van der Waals surface area (Å²) in [5.41, 5.74) is -0.900. The van der Waals surface area contributed by atoms with Crippen LogP contribution in [0.3, 0.4) is 0 Å². The molecule has 0 fully saturated rings. The zero-order chi connectivity index (χ0) is 24.9. The van der Waals surface area contributed by atoms with Gasteiger partial charge in [-0.15, -0.1) is 0 Å². The minimum Gasteiger partial charge on any atom is -0.493 e. The van der Waals surface area contributed by atoms with E-state index < -0.39 is 33.8 Å². The lowest BCUT2D eigenvalue weighted by Crippen LogP contribution is -2.30. The SMILES string of the molecule is COc1ccccc1O[C@H](C)C(=O)Nc1ccc(S(=O)(=O)Nc2cccc(C(F)(F)F)c2)cc1. The zero-order valence-corrected chi connectivity index (χ0v) is 18.9. The highest BCUT2D eigenvalue weighted by Gasteiger charge is 2.30. The fourth-order valence-electron chi connectivity index (χ4n) is 2.89. The fraction of sp³-hybridized carbons (Fsp3) is 0.174. The van der Waals surface area contributed by atoms with Gasteiger partial charge in [0.1, 0.15) is 0 Å². The number of ether oxygens (including phenoxy) is 2. The van der Waals surface area contributed by atoms with Gasteiger partial charge in [0.05, 0.1) is 17.6 Å². The van der Waals surface area contributed by atoms with Crippen LogP contribution < -0.4 is 19.5 Å². The van der Waals surface area contributed by atoms with Crippen LogP contribution in [0.25, 0.3) is 0 Å². The number of carbonyl (C=O) groups excluding carboxylic acids is 1. The average Bonchev–Trinajstić information content (AvgIpc) is 2.79. The average molecular weight is 494 g/mol. The van der Waals surface area contributed by atoms with E-state index in [0.717, 1.165) is 12.1 Å². The fourth-order valence-corrected chi connectivity index (χ4v) is 3.94. The van der Waals surface area contributed by atoms with Gasteiger partial charge in [-0.05, 0) is 61.5 Å². The third kappa shape index (κ3) is 6.19. The molecule has 0 heterocycles. The second kappa shape index (κ2) is 10.0. The van der Waals surface area contributed by atoms with E-state index in [0.29, 0.717) is 23.3 Å². The number of anilines is 2. The molecule has 0 aliphatic rings. The van der Waals surface area contributed by atoms with Crippen molar-refractivity contribution in [3.63, 3.8) is 0 Å². The van der Waals surface area contributed by atoms with Crippen molar-refractivity contribution < 1.29 is 35.9 Å². The number of halogens is 3. The van der Waals surface area contributed by atoms with Crippen molar-refractivity contribution >= 4 is 27.3 Å². The van der Waals surface area contributed by atoms with E-state index in [1.165, 1.54) is 37.4 Å². The molecule has 0 saturated heterocycles. The van der Waals surface area contributed by atoms with Crippen LogP contribution in [0.2, 0.25) is 0 Å². The summed E-state index contributed by atoms with van der Waals surface area (Å²) >= 11 is 0. The summed E-state index contributed by atoms with van der Waals surface area (Å²) in [6.45, 7) is 1.54. The number of benzene rings is 3. The third-order valence-corrected chi connectivity index (χ3v) is 6.01. The Morgan fingerprint density at radius 1 is 0.912 bits per heavy atom. The molecule has 0 bridgehead atoms. The minimum absolute atomic E-state index is 0.193. The lowest BCUT2D eigenvalue weighted by atomic mass is 10.2. The van der Waals surface area contributed by atoms with Crippen LogP contribution in [0.5, 0.6) is 11.5 Å². The first-order chi connectivity index (χ1) is 16.0. The normalized spacial score (nSPS) is 12.5. The van der Waals surface area contributed by atoms with Crippen LogP contribution >= 0.6 is 0 Å². The van der Waals surface area contributed by atoms with Crippen LogP contribution in [0.4, 0.5) is 24.5 Å². The van der Waals surface area contributed by atoms with E-state index in [4.69, 9.17) is 9.47 Å². The highest BCUT2D eigenvalue weighted by atomic mass is 32.2. The quantitative estimate of drug-likeness (QED) is 0.464. The molecule has 11 heteroatoms. The van der Waals surface area contributed by atoms with Crippen molar-refractivity contribution in [1.29, 1.82) is 0 Å². The van der Waals surface area contributed by atoms with Crippen molar-refractivity contribution in [2.24, 2.45) is 0 Å². The van der Waals surface area contributed by atoms with Crippen LogP contribution in [0.15, 0.2) is 77.7 Å². The van der Waals surface area contributed by atoms with E-state index in [1.54, 1.807) is 31.2 Å². The maximum Gasteiger partial charge on any atom is 0.416 e. The van der Waals surface area contributed by atoms with Gasteiger partial charge in [-0.2, -0.15) is 13.2 Å².